The van der Waals surface area contributed by atoms with Gasteiger partial charge in [-0.25, -0.2) is 14.6 Å². The summed E-state index contributed by atoms with van der Waals surface area (Å²) < 4.78 is 1.81. The number of aromatic carboxylic acids is 1. The Morgan fingerprint density at radius 2 is 2.10 bits per heavy atom. The van der Waals surface area contributed by atoms with Gasteiger partial charge in [-0.2, -0.15) is 0 Å². The number of nitrogens with one attached hydrogen (secondary N) is 1. The van der Waals surface area contributed by atoms with Crippen molar-refractivity contribution < 1.29 is 14.7 Å². The molecular weight excluding hydrogens is 272 g/mol. The van der Waals surface area contributed by atoms with Crippen LogP contribution in [0.1, 0.15) is 16.2 Å². The van der Waals surface area contributed by atoms with Gasteiger partial charge in [0.05, 0.1) is 16.6 Å². The first kappa shape index (κ1) is 14.8. The lowest BCUT2D eigenvalue weighted by atomic mass is 10.2. The summed E-state index contributed by atoms with van der Waals surface area (Å²) >= 11 is 0. The molecule has 0 radical (unpaired) electrons. The third-order valence-corrected chi connectivity index (χ3v) is 3.21. The van der Waals surface area contributed by atoms with Crippen molar-refractivity contribution in [2.75, 3.05) is 20.6 Å². The second kappa shape index (κ2) is 5.82. The minimum absolute atomic E-state index is 0.185. The highest BCUT2D eigenvalue weighted by molar-refractivity contribution is 6.01. The topological polar surface area (TPSA) is 87.5 Å². The number of carboxylic acid groups (broad SMARTS) is 1. The zero-order valence-electron chi connectivity index (χ0n) is 12.3. The molecule has 2 rings (SSSR count). The van der Waals surface area contributed by atoms with E-state index < -0.39 is 5.97 Å². The van der Waals surface area contributed by atoms with Crippen LogP contribution in [0.4, 0.5) is 4.79 Å². The monoisotopic (exact) mass is 290 g/mol. The number of carbonyl (C=O) groups is 2. The van der Waals surface area contributed by atoms with Crippen molar-refractivity contribution in [3.63, 3.8) is 0 Å². The molecule has 0 saturated heterocycles. The van der Waals surface area contributed by atoms with Crippen LogP contribution in [0.15, 0.2) is 18.2 Å². The zero-order chi connectivity index (χ0) is 15.6. The summed E-state index contributed by atoms with van der Waals surface area (Å²) in [7, 11) is 3.32. The molecule has 2 N–H and O–H groups in total. The van der Waals surface area contributed by atoms with Gasteiger partial charge >= 0.3 is 12.0 Å². The van der Waals surface area contributed by atoms with E-state index in [2.05, 4.69) is 10.3 Å². The van der Waals surface area contributed by atoms with Gasteiger partial charge in [-0.15, -0.1) is 0 Å². The number of carboxylic acids is 1. The Bertz CT molecular complexity index is 691. The molecule has 0 atom stereocenters. The molecule has 21 heavy (non-hydrogen) atoms. The highest BCUT2D eigenvalue weighted by Crippen LogP contribution is 2.20. The molecule has 0 aliphatic heterocycles. The average Bonchev–Trinajstić information content (AvgIpc) is 2.74. The number of aromatic nitrogens is 2. The maximum atomic E-state index is 11.5. The Labute approximate surface area is 122 Å². The van der Waals surface area contributed by atoms with Gasteiger partial charge in [0, 0.05) is 27.2 Å². The quantitative estimate of drug-likeness (QED) is 0.889. The third kappa shape index (κ3) is 2.96. The number of carbonyl (C=O) groups excluding carboxylic acids is 1. The Morgan fingerprint density at radius 3 is 2.71 bits per heavy atom. The van der Waals surface area contributed by atoms with Gasteiger partial charge in [0.2, 0.25) is 0 Å². The lowest BCUT2D eigenvalue weighted by molar-refractivity contribution is 0.0698. The second-order valence-electron chi connectivity index (χ2n) is 4.92. The molecule has 7 heteroatoms. The number of imidazole rings is 1. The van der Waals surface area contributed by atoms with E-state index in [1.807, 2.05) is 11.5 Å². The van der Waals surface area contributed by atoms with Crippen molar-refractivity contribution in [2.45, 2.75) is 13.5 Å². The van der Waals surface area contributed by atoms with Crippen molar-refractivity contribution in [2.24, 2.45) is 0 Å². The van der Waals surface area contributed by atoms with Crippen LogP contribution in [-0.4, -0.2) is 52.2 Å². The van der Waals surface area contributed by atoms with Crippen molar-refractivity contribution in [1.29, 1.82) is 0 Å². The third-order valence-electron chi connectivity index (χ3n) is 3.21. The van der Waals surface area contributed by atoms with Crippen LogP contribution >= 0.6 is 0 Å². The van der Waals surface area contributed by atoms with Gasteiger partial charge in [0.25, 0.3) is 0 Å². The van der Waals surface area contributed by atoms with E-state index in [9.17, 15) is 14.7 Å². The van der Waals surface area contributed by atoms with Crippen LogP contribution in [0.2, 0.25) is 0 Å². The zero-order valence-corrected chi connectivity index (χ0v) is 12.3. The van der Waals surface area contributed by atoms with Crippen LogP contribution in [0, 0.1) is 6.92 Å². The molecule has 0 bridgehead atoms. The molecule has 7 nitrogen and oxygen atoms in total. The molecule has 0 aliphatic carbocycles. The Balaban J connectivity index is 2.29. The molecule has 0 saturated carbocycles. The van der Waals surface area contributed by atoms with E-state index >= 15 is 0 Å². The minimum atomic E-state index is -0.987. The average molecular weight is 290 g/mol. The summed E-state index contributed by atoms with van der Waals surface area (Å²) in [5, 5.41) is 12.0. The molecule has 1 aromatic carbocycles. The second-order valence-corrected chi connectivity index (χ2v) is 4.92. The molecule has 2 amide bonds. The van der Waals surface area contributed by atoms with Crippen LogP contribution in [0.3, 0.4) is 0 Å². The molecule has 1 aromatic heterocycles. The summed E-state index contributed by atoms with van der Waals surface area (Å²) in [5.41, 5.74) is 1.44. The first-order chi connectivity index (χ1) is 9.91. The van der Waals surface area contributed by atoms with E-state index in [4.69, 9.17) is 0 Å². The van der Waals surface area contributed by atoms with Crippen molar-refractivity contribution in [1.82, 2.24) is 19.8 Å². The lowest BCUT2D eigenvalue weighted by Crippen LogP contribution is -2.36. The van der Waals surface area contributed by atoms with Crippen molar-refractivity contribution in [3.05, 3.63) is 29.6 Å². The van der Waals surface area contributed by atoms with Gasteiger partial charge in [0.15, 0.2) is 0 Å². The number of para-hydroxylation sites is 1. The summed E-state index contributed by atoms with van der Waals surface area (Å²) in [6.07, 6.45) is 0. The summed E-state index contributed by atoms with van der Waals surface area (Å²) in [5.74, 6) is -0.267. The maximum Gasteiger partial charge on any atom is 0.337 e. The number of amides is 2. The molecule has 0 fully saturated rings. The van der Waals surface area contributed by atoms with Gasteiger partial charge in [0.1, 0.15) is 5.82 Å². The Morgan fingerprint density at radius 1 is 1.38 bits per heavy atom. The number of nitrogens with zero attached hydrogens (tertiary/aromatic N) is 3. The van der Waals surface area contributed by atoms with Crippen LogP contribution in [0.25, 0.3) is 11.0 Å². The normalized spacial score (nSPS) is 10.6. The van der Waals surface area contributed by atoms with Crippen molar-refractivity contribution >= 4 is 23.0 Å². The number of rotatable bonds is 4. The number of fused-ring (bicyclic) bond motifs is 1. The number of aryl methyl sites for hydroxylation is 1. The first-order valence-electron chi connectivity index (χ1n) is 6.56. The number of hydrogen-bond donors (Lipinski definition) is 2. The summed E-state index contributed by atoms with van der Waals surface area (Å²) in [6, 6.07) is 4.83. The van der Waals surface area contributed by atoms with Gasteiger partial charge in [-0.3, -0.25) is 0 Å². The first-order valence-corrected chi connectivity index (χ1v) is 6.56. The Hall–Kier alpha value is -2.57. The fourth-order valence-electron chi connectivity index (χ4n) is 2.18. The predicted octanol–water partition coefficient (Wildman–Crippen LogP) is 1.31. The highest BCUT2D eigenvalue weighted by Gasteiger charge is 2.15. The predicted molar refractivity (Wildman–Crippen MR) is 78.5 cm³/mol. The summed E-state index contributed by atoms with van der Waals surface area (Å²) in [4.78, 5) is 28.6. The van der Waals surface area contributed by atoms with E-state index in [1.54, 1.807) is 32.3 Å². The molecule has 2 aromatic rings. The fraction of sp³-hybridized carbons (Fsp3) is 0.357. The standard InChI is InChI=1S/C14H18N4O3/c1-9-16-11-6-4-5-10(13(19)20)12(11)18(9)8-7-15-14(21)17(2)3/h4-6H,7-8H2,1-3H3,(H,15,21)(H,19,20). The smallest absolute Gasteiger partial charge is 0.337 e. The van der Waals surface area contributed by atoms with E-state index in [0.29, 0.717) is 24.1 Å². The molecule has 0 unspecified atom stereocenters. The van der Waals surface area contributed by atoms with E-state index in [1.165, 1.54) is 4.90 Å². The molecule has 0 aliphatic rings. The lowest BCUT2D eigenvalue weighted by Gasteiger charge is -2.13. The van der Waals surface area contributed by atoms with Crippen LogP contribution in [-0.2, 0) is 6.54 Å². The number of urea groups is 1. The van der Waals surface area contributed by atoms with Crippen LogP contribution < -0.4 is 5.32 Å². The molecule has 1 heterocycles. The number of benzene rings is 1. The molecule has 0 spiro atoms. The minimum Gasteiger partial charge on any atom is -0.478 e. The largest absolute Gasteiger partial charge is 0.478 e. The van der Waals surface area contributed by atoms with Crippen molar-refractivity contribution in [3.8, 4) is 0 Å². The maximum absolute atomic E-state index is 11.5. The van der Waals surface area contributed by atoms with Gasteiger partial charge in [-0.05, 0) is 19.1 Å². The molecular formula is C14H18N4O3. The summed E-state index contributed by atoms with van der Waals surface area (Å²) in [6.45, 7) is 2.68. The SMILES string of the molecule is Cc1nc2cccc(C(=O)O)c2n1CCNC(=O)N(C)C. The highest BCUT2D eigenvalue weighted by atomic mass is 16.4. The number of hydrogen-bond acceptors (Lipinski definition) is 3. The van der Waals surface area contributed by atoms with Crippen LogP contribution in [0.5, 0.6) is 0 Å². The van der Waals surface area contributed by atoms with E-state index in [0.717, 1.165) is 5.82 Å². The van der Waals surface area contributed by atoms with E-state index in [-0.39, 0.29) is 11.6 Å². The molecule has 112 valence electrons. The fourth-order valence-corrected chi connectivity index (χ4v) is 2.18. The van der Waals surface area contributed by atoms with Gasteiger partial charge in [-0.1, -0.05) is 6.07 Å². The Kier molecular flexibility index (Phi) is 4.11. The van der Waals surface area contributed by atoms with Gasteiger partial charge < -0.3 is 19.9 Å².